The van der Waals surface area contributed by atoms with Crippen molar-refractivity contribution in [2.45, 2.75) is 44.6 Å². The monoisotopic (exact) mass is 241 g/mol. The largest absolute Gasteiger partial charge is 0.260 e. The van der Waals surface area contributed by atoms with Gasteiger partial charge in [-0.3, -0.25) is 4.98 Å². The third-order valence-electron chi connectivity index (χ3n) is 2.74. The molecule has 0 aliphatic heterocycles. The molecule has 0 amide bonds. The highest BCUT2D eigenvalue weighted by molar-refractivity contribution is 7.91. The van der Waals surface area contributed by atoms with Gasteiger partial charge in [-0.1, -0.05) is 13.8 Å². The lowest BCUT2D eigenvalue weighted by atomic mass is 10.2. The normalized spacial score (nSPS) is 12.0. The third-order valence-corrected chi connectivity index (χ3v) is 5.12. The summed E-state index contributed by atoms with van der Waals surface area (Å²) in [5, 5.41) is -0.241. The van der Waals surface area contributed by atoms with Gasteiger partial charge in [-0.25, -0.2) is 8.42 Å². The maximum atomic E-state index is 12.0. The first-order chi connectivity index (χ1) is 7.49. The molecule has 0 aromatic carbocycles. The Morgan fingerprint density at radius 1 is 1.31 bits per heavy atom. The first-order valence-electron chi connectivity index (χ1n) is 5.62. The Balaban J connectivity index is 2.88. The van der Waals surface area contributed by atoms with Crippen LogP contribution >= 0.6 is 0 Å². The van der Waals surface area contributed by atoms with Gasteiger partial charge in [0.1, 0.15) is 0 Å². The van der Waals surface area contributed by atoms with Crippen molar-refractivity contribution in [3.05, 3.63) is 29.6 Å². The van der Waals surface area contributed by atoms with Crippen LogP contribution in [0.1, 0.15) is 37.9 Å². The summed E-state index contributed by atoms with van der Waals surface area (Å²) in [6.45, 7) is 5.76. The Kier molecular flexibility index (Phi) is 4.47. The van der Waals surface area contributed by atoms with E-state index in [0.717, 1.165) is 5.56 Å². The summed E-state index contributed by atoms with van der Waals surface area (Å²) in [5.74, 6) is 0.0566. The average molecular weight is 241 g/mol. The zero-order valence-electron chi connectivity index (χ0n) is 10.1. The lowest BCUT2D eigenvalue weighted by Crippen LogP contribution is -2.21. The summed E-state index contributed by atoms with van der Waals surface area (Å²) in [5.41, 5.74) is 1.69. The number of aryl methyl sites for hydroxylation is 1. The molecule has 0 bridgehead atoms. The van der Waals surface area contributed by atoms with Crippen molar-refractivity contribution >= 4 is 9.84 Å². The predicted molar refractivity (Wildman–Crippen MR) is 66.0 cm³/mol. The van der Waals surface area contributed by atoms with E-state index in [-0.39, 0.29) is 11.0 Å². The Morgan fingerprint density at radius 2 is 1.94 bits per heavy atom. The predicted octanol–water partition coefficient (Wildman–Crippen LogP) is 2.49. The van der Waals surface area contributed by atoms with E-state index in [0.29, 0.717) is 18.5 Å². The van der Waals surface area contributed by atoms with Crippen molar-refractivity contribution in [3.63, 3.8) is 0 Å². The van der Waals surface area contributed by atoms with Crippen molar-refractivity contribution in [2.24, 2.45) is 0 Å². The van der Waals surface area contributed by atoms with Gasteiger partial charge in [0, 0.05) is 6.20 Å². The van der Waals surface area contributed by atoms with Crippen LogP contribution in [0, 0.1) is 6.92 Å². The first-order valence-corrected chi connectivity index (χ1v) is 7.34. The summed E-state index contributed by atoms with van der Waals surface area (Å²) >= 11 is 0. The molecule has 0 saturated carbocycles. The molecule has 0 fully saturated rings. The molecule has 1 aromatic rings. The number of rotatable bonds is 5. The lowest BCUT2D eigenvalue weighted by Gasteiger charge is -2.13. The van der Waals surface area contributed by atoms with Crippen LogP contribution in [0.4, 0.5) is 0 Å². The molecule has 16 heavy (non-hydrogen) atoms. The molecule has 1 aromatic heterocycles. The minimum atomic E-state index is -3.05. The smallest absolute Gasteiger partial charge is 0.158 e. The fraction of sp³-hybridized carbons (Fsp3) is 0.583. The molecule has 0 unspecified atom stereocenters. The SMILES string of the molecule is CCC(CC)S(=O)(=O)Cc1cc(C)ccn1. The van der Waals surface area contributed by atoms with Crippen LogP contribution < -0.4 is 0 Å². The van der Waals surface area contributed by atoms with Crippen molar-refractivity contribution in [3.8, 4) is 0 Å². The highest BCUT2D eigenvalue weighted by atomic mass is 32.2. The third kappa shape index (κ3) is 3.30. The van der Waals surface area contributed by atoms with Gasteiger partial charge in [0.2, 0.25) is 0 Å². The van der Waals surface area contributed by atoms with Crippen LogP contribution in [0.3, 0.4) is 0 Å². The number of hydrogen-bond acceptors (Lipinski definition) is 3. The molecule has 3 nitrogen and oxygen atoms in total. The molecular formula is C12H19NO2S. The van der Waals surface area contributed by atoms with E-state index in [1.165, 1.54) is 0 Å². The van der Waals surface area contributed by atoms with Gasteiger partial charge < -0.3 is 0 Å². The van der Waals surface area contributed by atoms with E-state index >= 15 is 0 Å². The van der Waals surface area contributed by atoms with Gasteiger partial charge in [0.15, 0.2) is 9.84 Å². The van der Waals surface area contributed by atoms with Crippen LogP contribution in [0.2, 0.25) is 0 Å². The maximum absolute atomic E-state index is 12.0. The van der Waals surface area contributed by atoms with Crippen molar-refractivity contribution in [1.29, 1.82) is 0 Å². The molecule has 0 N–H and O–H groups in total. The molecule has 0 atom stereocenters. The second-order valence-electron chi connectivity index (χ2n) is 4.07. The van der Waals surface area contributed by atoms with Gasteiger partial charge in [-0.05, 0) is 37.5 Å². The summed E-state index contributed by atoms with van der Waals surface area (Å²) in [6.07, 6.45) is 3.00. The van der Waals surface area contributed by atoms with E-state index in [1.807, 2.05) is 32.9 Å². The number of sulfone groups is 1. The van der Waals surface area contributed by atoms with Gasteiger partial charge >= 0.3 is 0 Å². The number of aromatic nitrogens is 1. The average Bonchev–Trinajstić information content (AvgIpc) is 2.18. The molecule has 1 heterocycles. The maximum Gasteiger partial charge on any atom is 0.158 e. The molecule has 4 heteroatoms. The fourth-order valence-electron chi connectivity index (χ4n) is 1.80. The van der Waals surface area contributed by atoms with Gasteiger partial charge in [0.05, 0.1) is 16.7 Å². The topological polar surface area (TPSA) is 47.0 Å². The quantitative estimate of drug-likeness (QED) is 0.795. The second-order valence-corrected chi connectivity index (χ2v) is 6.35. The van der Waals surface area contributed by atoms with Gasteiger partial charge in [-0.15, -0.1) is 0 Å². The molecule has 1 rings (SSSR count). The molecule has 0 aliphatic rings. The van der Waals surface area contributed by atoms with Crippen LogP contribution in [-0.4, -0.2) is 18.7 Å². The van der Waals surface area contributed by atoms with Gasteiger partial charge in [-0.2, -0.15) is 0 Å². The standard InChI is InChI=1S/C12H19NO2S/c1-4-12(5-2)16(14,15)9-11-8-10(3)6-7-13-11/h6-8,12H,4-5,9H2,1-3H3. The number of hydrogen-bond donors (Lipinski definition) is 0. The zero-order chi connectivity index (χ0) is 12.2. The van der Waals surface area contributed by atoms with E-state index in [2.05, 4.69) is 4.98 Å². The Bertz CT molecular complexity index is 436. The lowest BCUT2D eigenvalue weighted by molar-refractivity contribution is 0.570. The zero-order valence-corrected chi connectivity index (χ0v) is 10.9. The summed E-state index contributed by atoms with van der Waals surface area (Å²) in [4.78, 5) is 4.10. The van der Waals surface area contributed by atoms with E-state index in [9.17, 15) is 8.42 Å². The summed E-state index contributed by atoms with van der Waals surface area (Å²) < 4.78 is 24.1. The fourth-order valence-corrected chi connectivity index (χ4v) is 3.62. The van der Waals surface area contributed by atoms with Gasteiger partial charge in [0.25, 0.3) is 0 Å². The van der Waals surface area contributed by atoms with Crippen molar-refractivity contribution < 1.29 is 8.42 Å². The Labute approximate surface area is 97.8 Å². The molecule has 0 radical (unpaired) electrons. The summed E-state index contributed by atoms with van der Waals surface area (Å²) in [7, 11) is -3.05. The second kappa shape index (κ2) is 5.43. The minimum Gasteiger partial charge on any atom is -0.260 e. The Morgan fingerprint density at radius 3 is 2.44 bits per heavy atom. The van der Waals surface area contributed by atoms with Crippen LogP contribution in [0.25, 0.3) is 0 Å². The highest BCUT2D eigenvalue weighted by Gasteiger charge is 2.22. The van der Waals surface area contributed by atoms with Crippen molar-refractivity contribution in [1.82, 2.24) is 4.98 Å². The highest BCUT2D eigenvalue weighted by Crippen LogP contribution is 2.15. The molecule has 0 spiro atoms. The van der Waals surface area contributed by atoms with Crippen molar-refractivity contribution in [2.75, 3.05) is 0 Å². The van der Waals surface area contributed by atoms with Crippen LogP contribution in [0.15, 0.2) is 18.3 Å². The van der Waals surface area contributed by atoms with Crippen LogP contribution in [-0.2, 0) is 15.6 Å². The van der Waals surface area contributed by atoms with E-state index < -0.39 is 9.84 Å². The van der Waals surface area contributed by atoms with E-state index in [1.54, 1.807) is 6.20 Å². The Hall–Kier alpha value is -0.900. The summed E-state index contributed by atoms with van der Waals surface area (Å²) in [6, 6.07) is 3.70. The molecule has 0 saturated heterocycles. The number of nitrogens with zero attached hydrogens (tertiary/aromatic N) is 1. The molecule has 0 aliphatic carbocycles. The van der Waals surface area contributed by atoms with Crippen LogP contribution in [0.5, 0.6) is 0 Å². The first kappa shape index (κ1) is 13.2. The molecular weight excluding hydrogens is 222 g/mol. The number of pyridine rings is 1. The molecule has 90 valence electrons. The minimum absolute atomic E-state index is 0.0566. The van der Waals surface area contributed by atoms with E-state index in [4.69, 9.17) is 0 Å².